The summed E-state index contributed by atoms with van der Waals surface area (Å²) in [4.78, 5) is 46.6. The van der Waals surface area contributed by atoms with E-state index < -0.39 is 18.2 Å². The third-order valence-electron chi connectivity index (χ3n) is 6.55. The predicted octanol–water partition coefficient (Wildman–Crippen LogP) is 2.43. The fourth-order valence-electron chi connectivity index (χ4n) is 4.61. The first-order valence-electron chi connectivity index (χ1n) is 11.6. The SMILES string of the molecule is COC[C@H]1O[C@@H](n2cc(C(N)=O)c3c(N)nc(C)nc32)[C@H](CC(=O)C(C)C)[C@@H]1CC(=O)C(C)C. The Balaban J connectivity index is 2.18. The number of primary amides is 1. The third-order valence-corrected chi connectivity index (χ3v) is 6.55. The average Bonchev–Trinajstić information content (AvgIpc) is 3.27. The highest BCUT2D eigenvalue weighted by atomic mass is 16.5. The number of anilines is 1. The lowest BCUT2D eigenvalue weighted by atomic mass is 9.79. The van der Waals surface area contributed by atoms with Crippen LogP contribution in [0.2, 0.25) is 0 Å². The summed E-state index contributed by atoms with van der Waals surface area (Å²) in [7, 11) is 1.57. The number of carbonyl (C=O) groups excluding carboxylic acids is 3. The minimum atomic E-state index is -0.671. The molecule has 2 aromatic heterocycles. The molecule has 34 heavy (non-hydrogen) atoms. The van der Waals surface area contributed by atoms with Gasteiger partial charge in [0.2, 0.25) is 0 Å². The highest BCUT2D eigenvalue weighted by Gasteiger charge is 2.47. The van der Waals surface area contributed by atoms with Crippen molar-refractivity contribution < 1.29 is 23.9 Å². The summed E-state index contributed by atoms with van der Waals surface area (Å²) in [6, 6.07) is 0. The molecule has 1 amide bonds. The van der Waals surface area contributed by atoms with E-state index in [2.05, 4.69) is 9.97 Å². The summed E-state index contributed by atoms with van der Waals surface area (Å²) < 4.78 is 13.5. The molecule has 4 N–H and O–H groups in total. The average molecular weight is 474 g/mol. The lowest BCUT2D eigenvalue weighted by Crippen LogP contribution is -2.30. The standard InChI is InChI=1S/C24H35N5O5/c1-11(2)17(30)7-14-15(8-18(31)12(3)4)24(34-19(14)10-33-6)29-9-16(22(26)32)20-21(25)27-13(5)28-23(20)29/h9,11-12,14-15,19,24H,7-8,10H2,1-6H3,(H2,26,32)(H2,25,27,28)/t14-,15+,19+,24+/m0/s1. The second kappa shape index (κ2) is 10.2. The molecule has 3 rings (SSSR count). The molecule has 4 atom stereocenters. The van der Waals surface area contributed by atoms with Gasteiger partial charge in [0.1, 0.15) is 35.1 Å². The minimum absolute atomic E-state index is 0.0653. The molecule has 10 heteroatoms. The summed E-state index contributed by atoms with van der Waals surface area (Å²) >= 11 is 0. The number of amides is 1. The summed E-state index contributed by atoms with van der Waals surface area (Å²) in [6.07, 6.45) is 0.945. The predicted molar refractivity (Wildman–Crippen MR) is 127 cm³/mol. The smallest absolute Gasteiger partial charge is 0.251 e. The number of carbonyl (C=O) groups is 3. The lowest BCUT2D eigenvalue weighted by molar-refractivity contribution is -0.126. The van der Waals surface area contributed by atoms with E-state index in [1.54, 1.807) is 24.8 Å². The van der Waals surface area contributed by atoms with Crippen molar-refractivity contribution in [1.82, 2.24) is 14.5 Å². The Labute approximate surface area is 199 Å². The zero-order valence-corrected chi connectivity index (χ0v) is 20.7. The van der Waals surface area contributed by atoms with Gasteiger partial charge in [-0.15, -0.1) is 0 Å². The van der Waals surface area contributed by atoms with Crippen LogP contribution in [0.15, 0.2) is 6.20 Å². The zero-order chi connectivity index (χ0) is 25.3. The van der Waals surface area contributed by atoms with Crippen LogP contribution in [0.5, 0.6) is 0 Å². The van der Waals surface area contributed by atoms with Gasteiger partial charge in [-0.1, -0.05) is 27.7 Å². The van der Waals surface area contributed by atoms with E-state index in [-0.39, 0.29) is 66.1 Å². The molecule has 1 saturated heterocycles. The van der Waals surface area contributed by atoms with E-state index in [4.69, 9.17) is 20.9 Å². The summed E-state index contributed by atoms with van der Waals surface area (Å²) in [5, 5.41) is 0.348. The van der Waals surface area contributed by atoms with Crippen LogP contribution in [0.4, 0.5) is 5.82 Å². The molecule has 0 radical (unpaired) electrons. The molecule has 0 bridgehead atoms. The van der Waals surface area contributed by atoms with Crippen molar-refractivity contribution >= 4 is 34.3 Å². The zero-order valence-electron chi connectivity index (χ0n) is 20.7. The van der Waals surface area contributed by atoms with Gasteiger partial charge in [-0.2, -0.15) is 0 Å². The molecule has 186 valence electrons. The van der Waals surface area contributed by atoms with Gasteiger partial charge in [0.25, 0.3) is 5.91 Å². The summed E-state index contributed by atoms with van der Waals surface area (Å²) in [5.41, 5.74) is 12.3. The highest BCUT2D eigenvalue weighted by molar-refractivity contribution is 6.09. The minimum Gasteiger partial charge on any atom is -0.383 e. The number of hydrogen-bond donors (Lipinski definition) is 2. The Kier molecular flexibility index (Phi) is 7.72. The van der Waals surface area contributed by atoms with Gasteiger partial charge in [-0.25, -0.2) is 9.97 Å². The fraction of sp³-hybridized carbons (Fsp3) is 0.625. The van der Waals surface area contributed by atoms with Gasteiger partial charge in [0.05, 0.1) is 23.7 Å². The van der Waals surface area contributed by atoms with Crippen molar-refractivity contribution in [3.63, 3.8) is 0 Å². The highest BCUT2D eigenvalue weighted by Crippen LogP contribution is 2.46. The summed E-state index contributed by atoms with van der Waals surface area (Å²) in [5.74, 6) is -0.862. The number of rotatable bonds is 10. The second-order valence-electron chi connectivity index (χ2n) is 9.67. The van der Waals surface area contributed by atoms with E-state index in [9.17, 15) is 14.4 Å². The number of nitrogens with zero attached hydrogens (tertiary/aromatic N) is 3. The monoisotopic (exact) mass is 473 g/mol. The Morgan fingerprint density at radius 1 is 1.09 bits per heavy atom. The molecular formula is C24H35N5O5. The first-order valence-corrected chi connectivity index (χ1v) is 11.6. The molecule has 2 aromatic rings. The number of aromatic nitrogens is 3. The van der Waals surface area contributed by atoms with Gasteiger partial charge in [0.15, 0.2) is 0 Å². The van der Waals surface area contributed by atoms with Gasteiger partial charge in [-0.05, 0) is 6.92 Å². The van der Waals surface area contributed by atoms with Crippen LogP contribution in [0, 0.1) is 30.6 Å². The number of methoxy groups -OCH3 is 1. The first kappa shape index (κ1) is 25.8. The Bertz CT molecular complexity index is 1090. The maximum Gasteiger partial charge on any atom is 0.251 e. The van der Waals surface area contributed by atoms with Crippen molar-refractivity contribution in [3.8, 4) is 0 Å². The Hall–Kier alpha value is -2.85. The van der Waals surface area contributed by atoms with Crippen molar-refractivity contribution in [1.29, 1.82) is 0 Å². The Morgan fingerprint density at radius 3 is 2.21 bits per heavy atom. The lowest BCUT2D eigenvalue weighted by Gasteiger charge is -2.25. The second-order valence-corrected chi connectivity index (χ2v) is 9.67. The van der Waals surface area contributed by atoms with E-state index in [0.717, 1.165) is 0 Å². The largest absolute Gasteiger partial charge is 0.383 e. The normalized spacial score (nSPS) is 22.7. The number of ether oxygens (including phenoxy) is 2. The van der Waals surface area contributed by atoms with Gasteiger partial charge < -0.3 is 25.5 Å². The number of nitrogens with two attached hydrogens (primary N) is 2. The van der Waals surface area contributed by atoms with Crippen LogP contribution in [-0.4, -0.2) is 51.8 Å². The number of hydrogen-bond acceptors (Lipinski definition) is 8. The number of aryl methyl sites for hydroxylation is 1. The van der Waals surface area contributed by atoms with E-state index >= 15 is 0 Å². The third kappa shape index (κ3) is 4.97. The number of Topliss-reactive ketones (excluding diaryl/α,β-unsaturated/α-hetero) is 2. The van der Waals surface area contributed by atoms with Crippen LogP contribution in [0.1, 0.15) is 62.9 Å². The van der Waals surface area contributed by atoms with Crippen molar-refractivity contribution in [2.45, 2.75) is 59.8 Å². The maximum atomic E-state index is 12.9. The molecule has 1 fully saturated rings. The molecule has 10 nitrogen and oxygen atoms in total. The first-order chi connectivity index (χ1) is 16.0. The molecule has 1 aliphatic rings. The summed E-state index contributed by atoms with van der Waals surface area (Å²) in [6.45, 7) is 9.37. The molecular weight excluding hydrogens is 438 g/mol. The fourth-order valence-corrected chi connectivity index (χ4v) is 4.61. The molecule has 1 aliphatic heterocycles. The van der Waals surface area contributed by atoms with Crippen molar-refractivity contribution in [2.24, 2.45) is 29.4 Å². The van der Waals surface area contributed by atoms with E-state index in [1.807, 2.05) is 27.7 Å². The van der Waals surface area contributed by atoms with Crippen LogP contribution in [0.25, 0.3) is 11.0 Å². The Morgan fingerprint density at radius 2 is 1.68 bits per heavy atom. The molecule has 0 spiro atoms. The van der Waals surface area contributed by atoms with Crippen LogP contribution in [0.3, 0.4) is 0 Å². The van der Waals surface area contributed by atoms with Gasteiger partial charge >= 0.3 is 0 Å². The number of nitrogen functional groups attached to an aromatic ring is 1. The maximum absolute atomic E-state index is 12.9. The van der Waals surface area contributed by atoms with E-state index in [1.165, 1.54) is 0 Å². The van der Waals surface area contributed by atoms with Crippen LogP contribution < -0.4 is 11.5 Å². The van der Waals surface area contributed by atoms with E-state index in [0.29, 0.717) is 16.9 Å². The van der Waals surface area contributed by atoms with Crippen molar-refractivity contribution in [3.05, 3.63) is 17.6 Å². The molecule has 0 saturated carbocycles. The molecule has 0 unspecified atom stereocenters. The molecule has 0 aromatic carbocycles. The van der Waals surface area contributed by atoms with Gasteiger partial charge in [-0.3, -0.25) is 14.4 Å². The van der Waals surface area contributed by atoms with Crippen LogP contribution in [-0.2, 0) is 19.1 Å². The number of fused-ring (bicyclic) bond motifs is 1. The van der Waals surface area contributed by atoms with Gasteiger partial charge in [0, 0.05) is 49.8 Å². The van der Waals surface area contributed by atoms with Crippen molar-refractivity contribution in [2.75, 3.05) is 19.5 Å². The quantitative estimate of drug-likeness (QED) is 0.533. The molecule has 3 heterocycles. The molecule has 0 aliphatic carbocycles. The number of ketones is 2. The van der Waals surface area contributed by atoms with Crippen LogP contribution >= 0.6 is 0 Å². The topological polar surface area (TPSA) is 152 Å².